The molecule has 0 spiro atoms. The molecule has 3 rings (SSSR count). The van der Waals surface area contributed by atoms with Gasteiger partial charge < -0.3 is 20.7 Å². The van der Waals surface area contributed by atoms with E-state index in [-0.39, 0.29) is 5.60 Å². The van der Waals surface area contributed by atoms with Crippen LogP contribution in [0.1, 0.15) is 13.0 Å². The third-order valence-corrected chi connectivity index (χ3v) is 3.63. The van der Waals surface area contributed by atoms with Crippen molar-refractivity contribution in [3.63, 3.8) is 0 Å². The first-order valence-electron chi connectivity index (χ1n) is 6.60. The van der Waals surface area contributed by atoms with Gasteiger partial charge in [0.2, 0.25) is 0 Å². The van der Waals surface area contributed by atoms with E-state index in [1.165, 1.54) is 0 Å². The van der Waals surface area contributed by atoms with Crippen molar-refractivity contribution in [2.24, 2.45) is 0 Å². The van der Waals surface area contributed by atoms with E-state index >= 15 is 0 Å². The van der Waals surface area contributed by atoms with Gasteiger partial charge in [0, 0.05) is 38.8 Å². The molecule has 2 fully saturated rings. The summed E-state index contributed by atoms with van der Waals surface area (Å²) in [6.45, 7) is 7.63. The van der Waals surface area contributed by atoms with Gasteiger partial charge in [-0.25, -0.2) is 4.68 Å². The molecule has 0 saturated carbocycles. The minimum atomic E-state index is 0.0415. The van der Waals surface area contributed by atoms with Crippen LogP contribution in [0, 0.1) is 0 Å². The standard InChI is InChI=1S/C12H21N5O/c1-12(8-14-9-12)18-5-4-15-11-2-3-16-17(11)10-6-13-7-10/h2-3,10,13-15H,4-9H2,1H3. The Hall–Kier alpha value is -1.11. The van der Waals surface area contributed by atoms with Gasteiger partial charge in [0.05, 0.1) is 24.4 Å². The first-order chi connectivity index (χ1) is 8.77. The van der Waals surface area contributed by atoms with E-state index in [4.69, 9.17) is 4.74 Å². The van der Waals surface area contributed by atoms with E-state index < -0.39 is 0 Å². The van der Waals surface area contributed by atoms with Gasteiger partial charge in [-0.15, -0.1) is 0 Å². The minimum Gasteiger partial charge on any atom is -0.371 e. The second-order valence-corrected chi connectivity index (χ2v) is 5.30. The Balaban J connectivity index is 1.43. The number of rotatable bonds is 6. The number of anilines is 1. The normalized spacial score (nSPS) is 22.3. The Morgan fingerprint density at radius 3 is 2.94 bits per heavy atom. The summed E-state index contributed by atoms with van der Waals surface area (Å²) in [7, 11) is 0. The van der Waals surface area contributed by atoms with Gasteiger partial charge in [-0.3, -0.25) is 0 Å². The van der Waals surface area contributed by atoms with Crippen LogP contribution in [-0.2, 0) is 4.74 Å². The zero-order chi connectivity index (χ0) is 12.4. The van der Waals surface area contributed by atoms with E-state index in [2.05, 4.69) is 32.7 Å². The van der Waals surface area contributed by atoms with Crippen molar-refractivity contribution in [1.82, 2.24) is 20.4 Å². The fraction of sp³-hybridized carbons (Fsp3) is 0.750. The Labute approximate surface area is 107 Å². The van der Waals surface area contributed by atoms with Gasteiger partial charge in [0.1, 0.15) is 5.82 Å². The van der Waals surface area contributed by atoms with Crippen molar-refractivity contribution in [3.05, 3.63) is 12.3 Å². The number of hydrogen-bond acceptors (Lipinski definition) is 5. The van der Waals surface area contributed by atoms with Gasteiger partial charge in [-0.05, 0) is 6.92 Å². The van der Waals surface area contributed by atoms with Crippen LogP contribution in [0.2, 0.25) is 0 Å². The maximum Gasteiger partial charge on any atom is 0.124 e. The number of ether oxygens (including phenoxy) is 1. The average Bonchev–Trinajstić information content (AvgIpc) is 2.68. The Kier molecular flexibility index (Phi) is 3.23. The van der Waals surface area contributed by atoms with Gasteiger partial charge in [-0.2, -0.15) is 5.10 Å². The molecule has 0 amide bonds. The largest absolute Gasteiger partial charge is 0.371 e. The Morgan fingerprint density at radius 1 is 1.50 bits per heavy atom. The molecule has 0 aromatic carbocycles. The lowest BCUT2D eigenvalue weighted by Crippen LogP contribution is -2.59. The van der Waals surface area contributed by atoms with Gasteiger partial charge >= 0.3 is 0 Å². The second kappa shape index (κ2) is 4.87. The molecule has 0 bridgehead atoms. The quantitative estimate of drug-likeness (QED) is 0.612. The summed E-state index contributed by atoms with van der Waals surface area (Å²) in [6, 6.07) is 2.52. The summed E-state index contributed by atoms with van der Waals surface area (Å²) in [6.07, 6.45) is 1.85. The predicted molar refractivity (Wildman–Crippen MR) is 69.9 cm³/mol. The highest BCUT2D eigenvalue weighted by molar-refractivity contribution is 5.34. The maximum atomic E-state index is 5.84. The van der Waals surface area contributed by atoms with E-state index in [9.17, 15) is 0 Å². The maximum absolute atomic E-state index is 5.84. The highest BCUT2D eigenvalue weighted by Gasteiger charge is 2.32. The van der Waals surface area contributed by atoms with Crippen LogP contribution in [0.25, 0.3) is 0 Å². The lowest BCUT2D eigenvalue weighted by Gasteiger charge is -2.39. The molecule has 2 aliphatic heterocycles. The van der Waals surface area contributed by atoms with Crippen molar-refractivity contribution in [2.45, 2.75) is 18.6 Å². The number of nitrogens with one attached hydrogen (secondary N) is 3. The smallest absolute Gasteiger partial charge is 0.124 e. The van der Waals surface area contributed by atoms with Crippen molar-refractivity contribution in [1.29, 1.82) is 0 Å². The molecule has 100 valence electrons. The predicted octanol–water partition coefficient (Wildman–Crippen LogP) is -0.182. The summed E-state index contributed by atoms with van der Waals surface area (Å²) >= 11 is 0. The molecular weight excluding hydrogens is 230 g/mol. The monoisotopic (exact) mass is 251 g/mol. The van der Waals surface area contributed by atoms with Gasteiger partial charge in [0.25, 0.3) is 0 Å². The molecule has 3 heterocycles. The Morgan fingerprint density at radius 2 is 2.33 bits per heavy atom. The lowest BCUT2D eigenvalue weighted by molar-refractivity contribution is -0.0620. The summed E-state index contributed by atoms with van der Waals surface area (Å²) in [4.78, 5) is 0. The SMILES string of the molecule is CC1(OCCNc2ccnn2C2CNC2)CNC1. The molecule has 2 saturated heterocycles. The van der Waals surface area contributed by atoms with Gasteiger partial charge in [0.15, 0.2) is 0 Å². The van der Waals surface area contributed by atoms with E-state index in [0.29, 0.717) is 6.04 Å². The number of nitrogens with zero attached hydrogens (tertiary/aromatic N) is 2. The molecule has 6 nitrogen and oxygen atoms in total. The van der Waals surface area contributed by atoms with Gasteiger partial charge in [-0.1, -0.05) is 0 Å². The van der Waals surface area contributed by atoms with E-state index in [1.54, 1.807) is 0 Å². The van der Waals surface area contributed by atoms with Crippen molar-refractivity contribution in [2.75, 3.05) is 44.6 Å². The molecular formula is C12H21N5O. The van der Waals surface area contributed by atoms with Crippen LogP contribution >= 0.6 is 0 Å². The second-order valence-electron chi connectivity index (χ2n) is 5.30. The minimum absolute atomic E-state index is 0.0415. The molecule has 1 aromatic rings. The highest BCUT2D eigenvalue weighted by Crippen LogP contribution is 2.18. The number of hydrogen-bond donors (Lipinski definition) is 3. The van der Waals surface area contributed by atoms with Crippen molar-refractivity contribution >= 4 is 5.82 Å². The van der Waals surface area contributed by atoms with Crippen LogP contribution < -0.4 is 16.0 Å². The van der Waals surface area contributed by atoms with E-state index in [0.717, 1.165) is 45.1 Å². The molecule has 3 N–H and O–H groups in total. The molecule has 18 heavy (non-hydrogen) atoms. The molecule has 1 aromatic heterocycles. The molecule has 0 unspecified atom stereocenters. The molecule has 0 atom stereocenters. The molecule has 0 radical (unpaired) electrons. The average molecular weight is 251 g/mol. The van der Waals surface area contributed by atoms with Crippen LogP contribution in [0.4, 0.5) is 5.82 Å². The van der Waals surface area contributed by atoms with Crippen molar-refractivity contribution in [3.8, 4) is 0 Å². The summed E-state index contributed by atoms with van der Waals surface area (Å²) < 4.78 is 7.90. The molecule has 6 heteroatoms. The molecule has 2 aliphatic rings. The van der Waals surface area contributed by atoms with Crippen LogP contribution in [0.15, 0.2) is 12.3 Å². The zero-order valence-corrected chi connectivity index (χ0v) is 10.8. The first kappa shape index (κ1) is 12.0. The summed E-state index contributed by atoms with van der Waals surface area (Å²) in [5.74, 6) is 1.09. The summed E-state index contributed by atoms with van der Waals surface area (Å²) in [5.41, 5.74) is 0.0415. The third kappa shape index (κ3) is 2.36. The molecule has 0 aliphatic carbocycles. The van der Waals surface area contributed by atoms with Crippen LogP contribution in [0.3, 0.4) is 0 Å². The summed E-state index contributed by atoms with van der Waals surface area (Å²) in [5, 5.41) is 14.2. The first-order valence-corrected chi connectivity index (χ1v) is 6.60. The number of aromatic nitrogens is 2. The fourth-order valence-electron chi connectivity index (χ4n) is 2.25. The van der Waals surface area contributed by atoms with Crippen molar-refractivity contribution < 1.29 is 4.74 Å². The van der Waals surface area contributed by atoms with Crippen LogP contribution in [0.5, 0.6) is 0 Å². The highest BCUT2D eigenvalue weighted by atomic mass is 16.5. The Bertz CT molecular complexity index is 397. The zero-order valence-electron chi connectivity index (χ0n) is 10.8. The van der Waals surface area contributed by atoms with E-state index in [1.807, 2.05) is 12.3 Å². The fourth-order valence-corrected chi connectivity index (χ4v) is 2.25. The lowest BCUT2D eigenvalue weighted by atomic mass is 10.0. The topological polar surface area (TPSA) is 63.1 Å². The van der Waals surface area contributed by atoms with Crippen LogP contribution in [-0.4, -0.2) is 54.7 Å². The third-order valence-electron chi connectivity index (χ3n) is 3.63.